The third kappa shape index (κ3) is 1.59. The number of pyridine rings is 1. The van der Waals surface area contributed by atoms with Crippen LogP contribution in [0.4, 0.5) is 5.69 Å². The number of aromatic nitrogens is 1. The Kier molecular flexibility index (Phi) is 2.39. The molecule has 0 bridgehead atoms. The lowest BCUT2D eigenvalue weighted by Gasteiger charge is -2.20. The lowest BCUT2D eigenvalue weighted by Crippen LogP contribution is -2.36. The largest absolute Gasteiger partial charge is 0.475 e. The molecule has 94 valence electrons. The molecule has 1 atom stereocenters. The first kappa shape index (κ1) is 10.9. The van der Waals surface area contributed by atoms with Gasteiger partial charge in [0, 0.05) is 12.6 Å². The van der Waals surface area contributed by atoms with Gasteiger partial charge in [-0.1, -0.05) is 0 Å². The fourth-order valence-electron chi connectivity index (χ4n) is 2.42. The number of amides is 1. The Balaban J connectivity index is 2.05. The van der Waals surface area contributed by atoms with Gasteiger partial charge in [-0.2, -0.15) is 0 Å². The number of nitrogens with zero attached hydrogens (tertiary/aromatic N) is 3. The highest BCUT2D eigenvalue weighted by Crippen LogP contribution is 2.30. The second-order valence-electron chi connectivity index (χ2n) is 4.41. The van der Waals surface area contributed by atoms with Gasteiger partial charge in [0.15, 0.2) is 0 Å². The molecule has 0 spiro atoms. The van der Waals surface area contributed by atoms with Crippen LogP contribution in [-0.4, -0.2) is 39.9 Å². The second kappa shape index (κ2) is 3.94. The quantitative estimate of drug-likeness (QED) is 0.547. The maximum absolute atomic E-state index is 12.3. The first-order valence-electron chi connectivity index (χ1n) is 5.75. The number of ether oxygens (including phenoxy) is 1. The molecule has 3 heterocycles. The maximum Gasteiger partial charge on any atom is 0.288 e. The molecule has 0 aromatic carbocycles. The molecule has 0 saturated carbocycles. The van der Waals surface area contributed by atoms with E-state index >= 15 is 0 Å². The van der Waals surface area contributed by atoms with Crippen molar-refractivity contribution in [2.24, 2.45) is 0 Å². The van der Waals surface area contributed by atoms with Crippen molar-refractivity contribution in [3.63, 3.8) is 0 Å². The standard InChI is InChI=1S/C11H11N3O4/c15-11-9-4-8(14(16)17)5-12-10(9)18-6-7-2-1-3-13(7)11/h4-5,7H,1-3,6H2/t7-/m1/s1. The predicted octanol–water partition coefficient (Wildman–Crippen LogP) is 0.987. The van der Waals surface area contributed by atoms with Gasteiger partial charge in [0.05, 0.1) is 11.0 Å². The van der Waals surface area contributed by atoms with Crippen molar-refractivity contribution in [1.29, 1.82) is 0 Å². The van der Waals surface area contributed by atoms with Crippen LogP contribution in [0, 0.1) is 10.1 Å². The zero-order chi connectivity index (χ0) is 12.7. The molecule has 7 heteroatoms. The number of carbonyl (C=O) groups excluding carboxylic acids is 1. The maximum atomic E-state index is 12.3. The van der Waals surface area contributed by atoms with E-state index in [1.165, 1.54) is 6.07 Å². The van der Waals surface area contributed by atoms with Crippen molar-refractivity contribution in [3.05, 3.63) is 27.9 Å². The SMILES string of the molecule is O=C1c2cc([N+](=O)[O-])cnc2OC[C@H]2CCCN12. The van der Waals surface area contributed by atoms with Crippen molar-refractivity contribution >= 4 is 11.6 Å². The van der Waals surface area contributed by atoms with E-state index in [4.69, 9.17) is 4.74 Å². The van der Waals surface area contributed by atoms with Gasteiger partial charge in [-0.15, -0.1) is 0 Å². The Morgan fingerprint density at radius 1 is 1.56 bits per heavy atom. The summed E-state index contributed by atoms with van der Waals surface area (Å²) in [5.74, 6) is -0.0267. The van der Waals surface area contributed by atoms with Crippen LogP contribution in [0.25, 0.3) is 0 Å². The van der Waals surface area contributed by atoms with Gasteiger partial charge in [-0.3, -0.25) is 14.9 Å². The molecule has 1 saturated heterocycles. The second-order valence-corrected chi connectivity index (χ2v) is 4.41. The van der Waals surface area contributed by atoms with Crippen LogP contribution in [0.5, 0.6) is 5.88 Å². The van der Waals surface area contributed by atoms with Crippen molar-refractivity contribution in [3.8, 4) is 5.88 Å². The summed E-state index contributed by atoms with van der Waals surface area (Å²) in [6, 6.07) is 1.30. The Morgan fingerprint density at radius 2 is 2.39 bits per heavy atom. The molecule has 2 aliphatic heterocycles. The molecule has 1 fully saturated rings. The van der Waals surface area contributed by atoms with Crippen LogP contribution < -0.4 is 4.74 Å². The number of hydrogen-bond donors (Lipinski definition) is 0. The van der Waals surface area contributed by atoms with Crippen LogP contribution in [0.15, 0.2) is 12.3 Å². The molecule has 0 N–H and O–H groups in total. The van der Waals surface area contributed by atoms with E-state index in [9.17, 15) is 14.9 Å². The van der Waals surface area contributed by atoms with Gasteiger partial charge < -0.3 is 9.64 Å². The van der Waals surface area contributed by atoms with E-state index in [0.29, 0.717) is 13.2 Å². The summed E-state index contributed by atoms with van der Waals surface area (Å²) >= 11 is 0. The molecule has 1 aromatic heterocycles. The highest BCUT2D eigenvalue weighted by atomic mass is 16.6. The molecule has 7 nitrogen and oxygen atoms in total. The minimum absolute atomic E-state index is 0.0609. The van der Waals surface area contributed by atoms with E-state index in [2.05, 4.69) is 4.98 Å². The van der Waals surface area contributed by atoms with Crippen molar-refractivity contribution in [2.75, 3.05) is 13.2 Å². The summed E-state index contributed by atoms with van der Waals surface area (Å²) < 4.78 is 5.47. The fourth-order valence-corrected chi connectivity index (χ4v) is 2.42. The summed E-state index contributed by atoms with van der Waals surface area (Å²) in [6.07, 6.45) is 2.96. The molecule has 1 aromatic rings. The van der Waals surface area contributed by atoms with Gasteiger partial charge in [0.1, 0.15) is 18.4 Å². The third-order valence-corrected chi connectivity index (χ3v) is 3.33. The van der Waals surface area contributed by atoms with E-state index in [1.807, 2.05) is 0 Å². The van der Waals surface area contributed by atoms with Gasteiger partial charge in [-0.05, 0) is 12.8 Å². The molecular formula is C11H11N3O4. The minimum atomic E-state index is -0.563. The zero-order valence-electron chi connectivity index (χ0n) is 9.54. The number of fused-ring (bicyclic) bond motifs is 2. The van der Waals surface area contributed by atoms with Gasteiger partial charge >= 0.3 is 0 Å². The monoisotopic (exact) mass is 249 g/mol. The van der Waals surface area contributed by atoms with Crippen LogP contribution in [0.2, 0.25) is 0 Å². The molecule has 0 unspecified atom stereocenters. The van der Waals surface area contributed by atoms with Crippen molar-refractivity contribution < 1.29 is 14.5 Å². The lowest BCUT2D eigenvalue weighted by molar-refractivity contribution is -0.385. The van der Waals surface area contributed by atoms with Crippen LogP contribution >= 0.6 is 0 Å². The number of nitro groups is 1. The minimum Gasteiger partial charge on any atom is -0.475 e. The molecule has 2 aliphatic rings. The third-order valence-electron chi connectivity index (χ3n) is 3.33. The molecule has 0 aliphatic carbocycles. The normalized spacial score (nSPS) is 21.9. The van der Waals surface area contributed by atoms with E-state index in [0.717, 1.165) is 19.0 Å². The molecule has 1 amide bonds. The Hall–Kier alpha value is -2.18. The van der Waals surface area contributed by atoms with E-state index in [1.54, 1.807) is 4.90 Å². The van der Waals surface area contributed by atoms with Crippen LogP contribution in [0.1, 0.15) is 23.2 Å². The first-order chi connectivity index (χ1) is 8.66. The first-order valence-corrected chi connectivity index (χ1v) is 5.75. The average molecular weight is 249 g/mol. The van der Waals surface area contributed by atoms with Crippen LogP contribution in [0.3, 0.4) is 0 Å². The average Bonchev–Trinajstić information content (AvgIpc) is 2.79. The molecule has 18 heavy (non-hydrogen) atoms. The van der Waals surface area contributed by atoms with E-state index < -0.39 is 4.92 Å². The number of rotatable bonds is 1. The molecular weight excluding hydrogens is 238 g/mol. The summed E-state index contributed by atoms with van der Waals surface area (Å²) in [6.45, 7) is 1.08. The summed E-state index contributed by atoms with van der Waals surface area (Å²) in [5, 5.41) is 10.7. The van der Waals surface area contributed by atoms with Crippen molar-refractivity contribution in [2.45, 2.75) is 18.9 Å². The number of hydrogen-bond acceptors (Lipinski definition) is 5. The van der Waals surface area contributed by atoms with E-state index in [-0.39, 0.29) is 29.1 Å². The Morgan fingerprint density at radius 3 is 3.17 bits per heavy atom. The smallest absolute Gasteiger partial charge is 0.288 e. The number of carbonyl (C=O) groups is 1. The molecule has 0 radical (unpaired) electrons. The zero-order valence-corrected chi connectivity index (χ0v) is 9.54. The summed E-state index contributed by atoms with van der Waals surface area (Å²) in [4.78, 5) is 28.0. The molecule has 3 rings (SSSR count). The van der Waals surface area contributed by atoms with Gasteiger partial charge in [-0.25, -0.2) is 4.98 Å². The predicted molar refractivity (Wildman–Crippen MR) is 60.4 cm³/mol. The van der Waals surface area contributed by atoms with Gasteiger partial charge in [0.25, 0.3) is 11.6 Å². The topological polar surface area (TPSA) is 85.6 Å². The highest BCUT2D eigenvalue weighted by Gasteiger charge is 2.35. The summed E-state index contributed by atoms with van der Waals surface area (Å²) in [5.41, 5.74) is -0.00283. The Labute approximate surface area is 103 Å². The van der Waals surface area contributed by atoms with Gasteiger partial charge in [0.2, 0.25) is 5.88 Å². The summed E-state index contributed by atoms with van der Waals surface area (Å²) in [7, 11) is 0. The van der Waals surface area contributed by atoms with Crippen molar-refractivity contribution in [1.82, 2.24) is 9.88 Å². The lowest BCUT2D eigenvalue weighted by atomic mass is 10.2. The Bertz CT molecular complexity index is 531. The van der Waals surface area contributed by atoms with Crippen LogP contribution in [-0.2, 0) is 0 Å². The fraction of sp³-hybridized carbons (Fsp3) is 0.455. The highest BCUT2D eigenvalue weighted by molar-refractivity contribution is 5.97.